The molecule has 7 nitrogen and oxygen atoms in total. The van der Waals surface area contributed by atoms with Crippen molar-refractivity contribution < 1.29 is 4.79 Å². The summed E-state index contributed by atoms with van der Waals surface area (Å²) in [4.78, 5) is 40.8. The lowest BCUT2D eigenvalue weighted by molar-refractivity contribution is -0.129. The van der Waals surface area contributed by atoms with Crippen molar-refractivity contribution in [3.05, 3.63) is 32.6 Å². The first kappa shape index (κ1) is 14.5. The van der Waals surface area contributed by atoms with Crippen LogP contribution in [0.1, 0.15) is 25.3 Å². The number of likely N-dealkylation sites (tertiary alicyclic amines) is 1. The Balaban J connectivity index is 2.02. The first-order chi connectivity index (χ1) is 9.51. The monoisotopic (exact) mass is 280 g/mol. The zero-order chi connectivity index (χ0) is 14.7. The molecular formula is C13H20N4O3. The van der Waals surface area contributed by atoms with Crippen LogP contribution in [0.4, 0.5) is 0 Å². The van der Waals surface area contributed by atoms with Gasteiger partial charge in [0.05, 0.1) is 6.42 Å². The molecule has 20 heavy (non-hydrogen) atoms. The van der Waals surface area contributed by atoms with Crippen molar-refractivity contribution in [1.82, 2.24) is 14.9 Å². The standard InChI is InChI=1S/C13H20N4O3/c1-2-3-8-6-17(7-10(8)14)11(18)4-9-5-15-13(20)16-12(9)19/h5,8,10H,2-4,6-7,14H2,1H3,(H2,15,16,19,20)/t8-,10-/m1/s1. The number of carbonyl (C=O) groups excluding carboxylic acids is 1. The van der Waals surface area contributed by atoms with Crippen LogP contribution in [0.15, 0.2) is 15.8 Å². The molecule has 0 bridgehead atoms. The SMILES string of the molecule is CCC[C@@H]1CN(C(=O)Cc2c[nH]c(=O)[nH]c2=O)C[C@H]1N. The van der Waals surface area contributed by atoms with Crippen molar-refractivity contribution in [3.63, 3.8) is 0 Å². The number of aromatic amines is 2. The third-order valence-electron chi connectivity index (χ3n) is 3.74. The molecule has 7 heteroatoms. The van der Waals surface area contributed by atoms with E-state index in [1.54, 1.807) is 4.90 Å². The van der Waals surface area contributed by atoms with Crippen molar-refractivity contribution in [2.75, 3.05) is 13.1 Å². The number of aromatic nitrogens is 2. The maximum Gasteiger partial charge on any atom is 0.325 e. The van der Waals surface area contributed by atoms with Crippen LogP contribution >= 0.6 is 0 Å². The summed E-state index contributed by atoms with van der Waals surface area (Å²) in [5.41, 5.74) is 5.20. The first-order valence-electron chi connectivity index (χ1n) is 6.85. The van der Waals surface area contributed by atoms with Crippen LogP contribution in [0.2, 0.25) is 0 Å². The molecule has 2 heterocycles. The quantitative estimate of drug-likeness (QED) is 0.669. The van der Waals surface area contributed by atoms with E-state index in [9.17, 15) is 14.4 Å². The topological polar surface area (TPSA) is 112 Å². The second kappa shape index (κ2) is 6.04. The fourth-order valence-corrected chi connectivity index (χ4v) is 2.62. The zero-order valence-electron chi connectivity index (χ0n) is 11.5. The Morgan fingerprint density at radius 1 is 1.45 bits per heavy atom. The van der Waals surface area contributed by atoms with E-state index in [4.69, 9.17) is 5.73 Å². The Morgan fingerprint density at radius 2 is 2.20 bits per heavy atom. The third kappa shape index (κ3) is 3.16. The van der Waals surface area contributed by atoms with Gasteiger partial charge in [-0.05, 0) is 12.3 Å². The van der Waals surface area contributed by atoms with E-state index in [1.807, 2.05) is 0 Å². The summed E-state index contributed by atoms with van der Waals surface area (Å²) in [6, 6.07) is 0.00719. The summed E-state index contributed by atoms with van der Waals surface area (Å²) in [6.45, 7) is 3.27. The van der Waals surface area contributed by atoms with Crippen molar-refractivity contribution in [2.45, 2.75) is 32.2 Å². The predicted octanol–water partition coefficient (Wildman–Crippen LogP) is -0.808. The molecule has 1 saturated heterocycles. The van der Waals surface area contributed by atoms with Gasteiger partial charge in [0.2, 0.25) is 5.91 Å². The molecular weight excluding hydrogens is 260 g/mol. The lowest BCUT2D eigenvalue weighted by Crippen LogP contribution is -2.35. The third-order valence-corrected chi connectivity index (χ3v) is 3.74. The molecule has 2 atom stereocenters. The molecule has 2 rings (SSSR count). The van der Waals surface area contributed by atoms with Crippen molar-refractivity contribution >= 4 is 5.91 Å². The Labute approximate surface area is 116 Å². The zero-order valence-corrected chi connectivity index (χ0v) is 11.5. The van der Waals surface area contributed by atoms with Gasteiger partial charge in [0.25, 0.3) is 5.56 Å². The number of rotatable bonds is 4. The van der Waals surface area contributed by atoms with E-state index < -0.39 is 11.2 Å². The van der Waals surface area contributed by atoms with Crippen LogP contribution < -0.4 is 17.0 Å². The molecule has 1 aliphatic heterocycles. The van der Waals surface area contributed by atoms with Crippen LogP contribution in [0.25, 0.3) is 0 Å². The van der Waals surface area contributed by atoms with Gasteiger partial charge in [0, 0.05) is 30.9 Å². The maximum atomic E-state index is 12.2. The van der Waals surface area contributed by atoms with E-state index in [2.05, 4.69) is 16.9 Å². The highest BCUT2D eigenvalue weighted by Crippen LogP contribution is 2.20. The molecule has 1 fully saturated rings. The predicted molar refractivity (Wildman–Crippen MR) is 74.3 cm³/mol. The summed E-state index contributed by atoms with van der Waals surface area (Å²) < 4.78 is 0. The number of hydrogen-bond acceptors (Lipinski definition) is 4. The average Bonchev–Trinajstić information content (AvgIpc) is 2.75. The van der Waals surface area contributed by atoms with Crippen molar-refractivity contribution in [2.24, 2.45) is 11.7 Å². The van der Waals surface area contributed by atoms with Crippen molar-refractivity contribution in [1.29, 1.82) is 0 Å². The summed E-state index contributed by atoms with van der Waals surface area (Å²) in [6.07, 6.45) is 3.32. The Hall–Kier alpha value is -1.89. The number of nitrogens with zero attached hydrogens (tertiary/aromatic N) is 1. The molecule has 0 radical (unpaired) electrons. The molecule has 110 valence electrons. The molecule has 1 aromatic rings. The lowest BCUT2D eigenvalue weighted by atomic mass is 9.99. The van der Waals surface area contributed by atoms with Crippen LogP contribution in [0, 0.1) is 5.92 Å². The van der Waals surface area contributed by atoms with Crippen LogP contribution in [0.5, 0.6) is 0 Å². The molecule has 0 spiro atoms. The molecule has 0 aromatic carbocycles. The summed E-state index contributed by atoms with van der Waals surface area (Å²) >= 11 is 0. The molecule has 0 aliphatic carbocycles. The molecule has 0 unspecified atom stereocenters. The van der Waals surface area contributed by atoms with Crippen molar-refractivity contribution in [3.8, 4) is 0 Å². The maximum absolute atomic E-state index is 12.2. The van der Waals surface area contributed by atoms with Gasteiger partial charge in [-0.2, -0.15) is 0 Å². The van der Waals surface area contributed by atoms with E-state index in [1.165, 1.54) is 6.20 Å². The number of carbonyl (C=O) groups is 1. The van der Waals surface area contributed by atoms with Gasteiger partial charge in [-0.15, -0.1) is 0 Å². The van der Waals surface area contributed by atoms with Crippen LogP contribution in [-0.4, -0.2) is 39.9 Å². The first-order valence-corrected chi connectivity index (χ1v) is 6.85. The minimum absolute atomic E-state index is 0.00719. The van der Waals surface area contributed by atoms with E-state index in [0.29, 0.717) is 19.0 Å². The second-order valence-electron chi connectivity index (χ2n) is 5.29. The minimum atomic E-state index is -0.572. The number of H-pyrrole nitrogens is 2. The van der Waals surface area contributed by atoms with Gasteiger partial charge in [-0.3, -0.25) is 14.6 Å². The minimum Gasteiger partial charge on any atom is -0.341 e. The Bertz CT molecular complexity index is 592. The van der Waals surface area contributed by atoms with Gasteiger partial charge >= 0.3 is 5.69 Å². The molecule has 4 N–H and O–H groups in total. The molecule has 1 amide bonds. The number of nitrogens with one attached hydrogen (secondary N) is 2. The summed E-state index contributed by atoms with van der Waals surface area (Å²) in [5.74, 6) is 0.203. The van der Waals surface area contributed by atoms with Gasteiger partial charge in [0.15, 0.2) is 0 Å². The number of nitrogens with two attached hydrogens (primary N) is 1. The van der Waals surface area contributed by atoms with Gasteiger partial charge in [0.1, 0.15) is 0 Å². The average molecular weight is 280 g/mol. The van der Waals surface area contributed by atoms with Gasteiger partial charge in [-0.25, -0.2) is 4.79 Å². The van der Waals surface area contributed by atoms with E-state index in [-0.39, 0.29) is 23.9 Å². The highest BCUT2D eigenvalue weighted by Gasteiger charge is 2.32. The lowest BCUT2D eigenvalue weighted by Gasteiger charge is -2.15. The van der Waals surface area contributed by atoms with Gasteiger partial charge < -0.3 is 15.6 Å². The fraction of sp³-hybridized carbons (Fsp3) is 0.615. The molecule has 1 aromatic heterocycles. The van der Waals surface area contributed by atoms with Gasteiger partial charge in [-0.1, -0.05) is 13.3 Å². The normalized spacial score (nSPS) is 22.2. The Morgan fingerprint density at radius 3 is 2.85 bits per heavy atom. The second-order valence-corrected chi connectivity index (χ2v) is 5.29. The summed E-state index contributed by atoms with van der Waals surface area (Å²) in [7, 11) is 0. The fourth-order valence-electron chi connectivity index (χ4n) is 2.62. The number of hydrogen-bond donors (Lipinski definition) is 3. The highest BCUT2D eigenvalue weighted by molar-refractivity contribution is 5.79. The number of amides is 1. The van der Waals surface area contributed by atoms with E-state index >= 15 is 0 Å². The largest absolute Gasteiger partial charge is 0.341 e. The molecule has 0 saturated carbocycles. The van der Waals surface area contributed by atoms with E-state index in [0.717, 1.165) is 12.8 Å². The molecule has 1 aliphatic rings. The summed E-state index contributed by atoms with van der Waals surface area (Å²) in [5, 5.41) is 0. The van der Waals surface area contributed by atoms with Crippen LogP contribution in [0.3, 0.4) is 0 Å². The highest BCUT2D eigenvalue weighted by atomic mass is 16.2. The smallest absolute Gasteiger partial charge is 0.325 e. The van der Waals surface area contributed by atoms with Crippen LogP contribution in [-0.2, 0) is 11.2 Å². The Kier molecular flexibility index (Phi) is 4.39.